The Kier molecular flexibility index (Phi) is 3.46. The second kappa shape index (κ2) is 4.86. The molecule has 0 saturated carbocycles. The van der Waals surface area contributed by atoms with E-state index in [1.165, 1.54) is 6.42 Å². The van der Waals surface area contributed by atoms with Gasteiger partial charge in [0, 0.05) is 19.3 Å². The Bertz CT molecular complexity index is 416. The van der Waals surface area contributed by atoms with E-state index in [-0.39, 0.29) is 5.78 Å². The monoisotopic (exact) mass is 232 g/mol. The molecule has 1 aliphatic rings. The maximum atomic E-state index is 11.6. The van der Waals surface area contributed by atoms with Crippen molar-refractivity contribution in [1.29, 1.82) is 0 Å². The Labute approximate surface area is 103 Å². The average molecular weight is 232 g/mol. The first-order valence-corrected chi connectivity index (χ1v) is 6.30. The number of anilines is 1. The molecule has 0 N–H and O–H groups in total. The standard InChI is InChI=1S/C14H20N2O/c1-10-6-8-16(9-11(10)2)14-13(12(3)17)5-4-7-15-14/h4-5,7,10-11H,6,8-9H2,1-3H3. The highest BCUT2D eigenvalue weighted by Crippen LogP contribution is 2.27. The number of piperidine rings is 1. The van der Waals surface area contributed by atoms with Crippen molar-refractivity contribution in [2.45, 2.75) is 27.2 Å². The predicted octanol–water partition coefficient (Wildman–Crippen LogP) is 2.77. The Morgan fingerprint density at radius 2 is 2.18 bits per heavy atom. The molecule has 2 rings (SSSR count). The van der Waals surface area contributed by atoms with Gasteiger partial charge in [-0.3, -0.25) is 4.79 Å². The summed E-state index contributed by atoms with van der Waals surface area (Å²) in [6, 6.07) is 3.70. The zero-order valence-corrected chi connectivity index (χ0v) is 10.8. The van der Waals surface area contributed by atoms with E-state index in [0.717, 1.165) is 30.4 Å². The van der Waals surface area contributed by atoms with E-state index in [4.69, 9.17) is 0 Å². The topological polar surface area (TPSA) is 33.2 Å². The predicted molar refractivity (Wildman–Crippen MR) is 69.4 cm³/mol. The highest BCUT2D eigenvalue weighted by Gasteiger charge is 2.25. The largest absolute Gasteiger partial charge is 0.356 e. The lowest BCUT2D eigenvalue weighted by molar-refractivity contribution is 0.101. The van der Waals surface area contributed by atoms with Crippen LogP contribution in [0.2, 0.25) is 0 Å². The maximum absolute atomic E-state index is 11.6. The zero-order chi connectivity index (χ0) is 12.4. The molecule has 3 nitrogen and oxygen atoms in total. The normalized spacial score (nSPS) is 24.8. The molecule has 92 valence electrons. The van der Waals surface area contributed by atoms with E-state index in [9.17, 15) is 4.79 Å². The van der Waals surface area contributed by atoms with Crippen LogP contribution in [0.15, 0.2) is 18.3 Å². The molecule has 17 heavy (non-hydrogen) atoms. The number of hydrogen-bond donors (Lipinski definition) is 0. The average Bonchev–Trinajstić information content (AvgIpc) is 2.32. The van der Waals surface area contributed by atoms with Crippen molar-refractivity contribution in [3.05, 3.63) is 23.9 Å². The summed E-state index contributed by atoms with van der Waals surface area (Å²) in [4.78, 5) is 18.2. The van der Waals surface area contributed by atoms with Crippen molar-refractivity contribution in [2.75, 3.05) is 18.0 Å². The number of rotatable bonds is 2. The minimum absolute atomic E-state index is 0.0966. The van der Waals surface area contributed by atoms with Crippen LogP contribution >= 0.6 is 0 Å². The molecular weight excluding hydrogens is 212 g/mol. The van der Waals surface area contributed by atoms with E-state index in [1.807, 2.05) is 12.1 Å². The molecule has 1 fully saturated rings. The van der Waals surface area contributed by atoms with Crippen molar-refractivity contribution in [3.63, 3.8) is 0 Å². The minimum Gasteiger partial charge on any atom is -0.356 e. The Balaban J connectivity index is 2.25. The summed E-state index contributed by atoms with van der Waals surface area (Å²) >= 11 is 0. The van der Waals surface area contributed by atoms with E-state index in [0.29, 0.717) is 5.92 Å². The van der Waals surface area contributed by atoms with Crippen molar-refractivity contribution < 1.29 is 4.79 Å². The molecule has 3 heteroatoms. The van der Waals surface area contributed by atoms with Gasteiger partial charge in [-0.25, -0.2) is 4.98 Å². The molecule has 1 saturated heterocycles. The van der Waals surface area contributed by atoms with E-state index >= 15 is 0 Å². The number of carbonyl (C=O) groups excluding carboxylic acids is 1. The third-order valence-corrected chi connectivity index (χ3v) is 3.80. The van der Waals surface area contributed by atoms with Gasteiger partial charge in [0.05, 0.1) is 5.56 Å². The molecule has 0 bridgehead atoms. The van der Waals surface area contributed by atoms with Gasteiger partial charge in [-0.05, 0) is 37.3 Å². The molecule has 2 heterocycles. The highest BCUT2D eigenvalue weighted by molar-refractivity contribution is 5.98. The lowest BCUT2D eigenvalue weighted by atomic mass is 9.88. The molecule has 1 aromatic heterocycles. The fourth-order valence-electron chi connectivity index (χ4n) is 2.38. The molecule has 1 aliphatic heterocycles. The third-order valence-electron chi connectivity index (χ3n) is 3.80. The molecule has 2 atom stereocenters. The van der Waals surface area contributed by atoms with Gasteiger partial charge >= 0.3 is 0 Å². The first-order chi connectivity index (χ1) is 8.09. The van der Waals surface area contributed by atoms with E-state index < -0.39 is 0 Å². The second-order valence-electron chi connectivity index (χ2n) is 5.12. The van der Waals surface area contributed by atoms with Gasteiger partial charge < -0.3 is 4.90 Å². The number of Topliss-reactive ketones (excluding diaryl/α,β-unsaturated/α-hetero) is 1. The van der Waals surface area contributed by atoms with Gasteiger partial charge in [0.25, 0.3) is 0 Å². The van der Waals surface area contributed by atoms with Gasteiger partial charge in [0.1, 0.15) is 5.82 Å². The molecule has 0 spiro atoms. The SMILES string of the molecule is CC(=O)c1cccnc1N1CCC(C)C(C)C1. The molecular formula is C14H20N2O. The third kappa shape index (κ3) is 2.48. The van der Waals surface area contributed by atoms with Crippen LogP contribution in [0.1, 0.15) is 37.6 Å². The molecule has 0 aliphatic carbocycles. The summed E-state index contributed by atoms with van der Waals surface area (Å²) in [7, 11) is 0. The van der Waals surface area contributed by atoms with Crippen molar-refractivity contribution in [3.8, 4) is 0 Å². The zero-order valence-electron chi connectivity index (χ0n) is 10.8. The van der Waals surface area contributed by atoms with Crippen molar-refractivity contribution in [1.82, 2.24) is 4.98 Å². The van der Waals surface area contributed by atoms with Crippen molar-refractivity contribution >= 4 is 11.6 Å². The number of aromatic nitrogens is 1. The summed E-state index contributed by atoms with van der Waals surface area (Å²) in [5.41, 5.74) is 0.745. The number of nitrogens with zero attached hydrogens (tertiary/aromatic N) is 2. The number of carbonyl (C=O) groups is 1. The van der Waals surface area contributed by atoms with Crippen LogP contribution in [-0.4, -0.2) is 23.9 Å². The van der Waals surface area contributed by atoms with Gasteiger partial charge in [-0.15, -0.1) is 0 Å². The molecule has 2 unspecified atom stereocenters. The lowest BCUT2D eigenvalue weighted by Gasteiger charge is -2.36. The Morgan fingerprint density at radius 1 is 1.41 bits per heavy atom. The fourth-order valence-corrected chi connectivity index (χ4v) is 2.38. The van der Waals surface area contributed by atoms with Crippen LogP contribution in [0.4, 0.5) is 5.82 Å². The summed E-state index contributed by atoms with van der Waals surface area (Å²) < 4.78 is 0. The van der Waals surface area contributed by atoms with E-state index in [2.05, 4.69) is 23.7 Å². The second-order valence-corrected chi connectivity index (χ2v) is 5.12. The maximum Gasteiger partial charge on any atom is 0.163 e. The van der Waals surface area contributed by atoms with Crippen LogP contribution < -0.4 is 4.90 Å². The minimum atomic E-state index is 0.0966. The lowest BCUT2D eigenvalue weighted by Crippen LogP contribution is -2.39. The molecule has 1 aromatic rings. The van der Waals surface area contributed by atoms with Gasteiger partial charge in [0.2, 0.25) is 0 Å². The molecule has 0 amide bonds. The smallest absolute Gasteiger partial charge is 0.163 e. The summed E-state index contributed by atoms with van der Waals surface area (Å²) in [6.07, 6.45) is 2.94. The number of ketones is 1. The summed E-state index contributed by atoms with van der Waals surface area (Å²) in [5, 5.41) is 0. The molecule has 0 radical (unpaired) electrons. The first kappa shape index (κ1) is 12.1. The van der Waals surface area contributed by atoms with Gasteiger partial charge in [-0.1, -0.05) is 13.8 Å². The summed E-state index contributed by atoms with van der Waals surface area (Å²) in [5.74, 6) is 2.37. The van der Waals surface area contributed by atoms with Crippen LogP contribution in [0.5, 0.6) is 0 Å². The van der Waals surface area contributed by atoms with Crippen LogP contribution in [0.3, 0.4) is 0 Å². The Hall–Kier alpha value is -1.38. The van der Waals surface area contributed by atoms with Gasteiger partial charge in [-0.2, -0.15) is 0 Å². The van der Waals surface area contributed by atoms with E-state index in [1.54, 1.807) is 13.1 Å². The van der Waals surface area contributed by atoms with Crippen LogP contribution in [0, 0.1) is 11.8 Å². The quantitative estimate of drug-likeness (QED) is 0.735. The first-order valence-electron chi connectivity index (χ1n) is 6.30. The fraction of sp³-hybridized carbons (Fsp3) is 0.571. The molecule has 0 aromatic carbocycles. The number of hydrogen-bond acceptors (Lipinski definition) is 3. The van der Waals surface area contributed by atoms with Crippen LogP contribution in [-0.2, 0) is 0 Å². The Morgan fingerprint density at radius 3 is 2.82 bits per heavy atom. The van der Waals surface area contributed by atoms with Crippen molar-refractivity contribution in [2.24, 2.45) is 11.8 Å². The van der Waals surface area contributed by atoms with Gasteiger partial charge in [0.15, 0.2) is 5.78 Å². The number of pyridine rings is 1. The highest BCUT2D eigenvalue weighted by atomic mass is 16.1. The summed E-state index contributed by atoms with van der Waals surface area (Å²) in [6.45, 7) is 8.18. The van der Waals surface area contributed by atoms with Crippen LogP contribution in [0.25, 0.3) is 0 Å².